The number of nitrogens with zero attached hydrogens (tertiary/aromatic N) is 2. The average Bonchev–Trinajstić information content (AvgIpc) is 3.13. The predicted octanol–water partition coefficient (Wildman–Crippen LogP) is 3.29. The van der Waals surface area contributed by atoms with Crippen LogP contribution in [0, 0.1) is 13.8 Å². The molecule has 1 amide bonds. The number of anilines is 1. The van der Waals surface area contributed by atoms with Gasteiger partial charge in [-0.3, -0.25) is 4.79 Å². The van der Waals surface area contributed by atoms with Crippen molar-refractivity contribution in [1.82, 2.24) is 9.78 Å². The van der Waals surface area contributed by atoms with E-state index in [1.807, 2.05) is 62.4 Å². The number of nitrogens with one attached hydrogen (secondary N) is 1. The maximum Gasteiger partial charge on any atom is 0.362 e. The van der Waals surface area contributed by atoms with Crippen molar-refractivity contribution in [3.05, 3.63) is 71.5 Å². The van der Waals surface area contributed by atoms with E-state index in [1.165, 1.54) is 11.8 Å². The van der Waals surface area contributed by atoms with Crippen molar-refractivity contribution in [1.29, 1.82) is 0 Å². The number of methoxy groups -OCH3 is 1. The molecule has 0 aliphatic carbocycles. The second-order valence-corrected chi connectivity index (χ2v) is 6.25. The summed E-state index contributed by atoms with van der Waals surface area (Å²) in [6.45, 7) is 3.71. The molecule has 0 bridgehead atoms. The van der Waals surface area contributed by atoms with Gasteiger partial charge in [0.05, 0.1) is 19.0 Å². The molecule has 7 nitrogen and oxygen atoms in total. The van der Waals surface area contributed by atoms with E-state index in [4.69, 9.17) is 9.47 Å². The zero-order valence-electron chi connectivity index (χ0n) is 15.9. The topological polar surface area (TPSA) is 82.4 Å². The highest BCUT2D eigenvalue weighted by molar-refractivity contribution is 5.93. The smallest absolute Gasteiger partial charge is 0.362 e. The Kier molecular flexibility index (Phi) is 5.74. The molecule has 2 aromatic carbocycles. The van der Waals surface area contributed by atoms with Crippen molar-refractivity contribution in [3.63, 3.8) is 0 Å². The molecule has 0 saturated carbocycles. The number of esters is 1. The zero-order valence-corrected chi connectivity index (χ0v) is 15.9. The molecular weight excluding hydrogens is 358 g/mol. The average molecular weight is 379 g/mol. The molecule has 1 aromatic heterocycles. The quantitative estimate of drug-likeness (QED) is 0.665. The van der Waals surface area contributed by atoms with Gasteiger partial charge in [-0.15, -0.1) is 0 Å². The summed E-state index contributed by atoms with van der Waals surface area (Å²) in [4.78, 5) is 24.2. The molecular formula is C21H21N3O4. The van der Waals surface area contributed by atoms with Crippen LogP contribution >= 0.6 is 0 Å². The van der Waals surface area contributed by atoms with Gasteiger partial charge in [0, 0.05) is 5.69 Å². The van der Waals surface area contributed by atoms with Gasteiger partial charge >= 0.3 is 5.97 Å². The van der Waals surface area contributed by atoms with Crippen molar-refractivity contribution < 1.29 is 19.1 Å². The first-order valence-electron chi connectivity index (χ1n) is 8.71. The lowest BCUT2D eigenvalue weighted by Crippen LogP contribution is -2.20. The molecule has 0 unspecified atom stereocenters. The minimum Gasteiger partial charge on any atom is -0.480 e. The number of rotatable bonds is 6. The fourth-order valence-corrected chi connectivity index (χ4v) is 2.57. The Morgan fingerprint density at radius 2 is 1.82 bits per heavy atom. The van der Waals surface area contributed by atoms with E-state index < -0.39 is 5.97 Å². The van der Waals surface area contributed by atoms with E-state index in [-0.39, 0.29) is 24.0 Å². The van der Waals surface area contributed by atoms with Crippen LogP contribution in [0.2, 0.25) is 0 Å². The Bertz CT molecular complexity index is 996. The third-order valence-electron chi connectivity index (χ3n) is 4.23. The molecule has 0 fully saturated rings. The number of aryl methyl sites for hydroxylation is 2. The van der Waals surface area contributed by atoms with Gasteiger partial charge in [-0.05, 0) is 49.2 Å². The highest BCUT2D eigenvalue weighted by atomic mass is 16.5. The van der Waals surface area contributed by atoms with E-state index in [0.29, 0.717) is 5.69 Å². The summed E-state index contributed by atoms with van der Waals surface area (Å²) < 4.78 is 11.8. The summed E-state index contributed by atoms with van der Waals surface area (Å²) in [7, 11) is 1.26. The van der Waals surface area contributed by atoms with E-state index >= 15 is 0 Å². The van der Waals surface area contributed by atoms with Gasteiger partial charge in [0.1, 0.15) is 0 Å². The molecule has 0 saturated heterocycles. The number of ether oxygens (including phenoxy) is 2. The standard InChI is InChI=1S/C21H21N3O4/c1-14-9-10-16(11-15(14)2)22-19(25)13-28-18-12-24(17-7-5-4-6-8-17)23-20(18)21(26)27-3/h4-12H,13H2,1-3H3,(H,22,25). The number of hydrogen-bond acceptors (Lipinski definition) is 5. The number of carbonyl (C=O) groups excluding carboxylic acids is 2. The summed E-state index contributed by atoms with van der Waals surface area (Å²) >= 11 is 0. The molecule has 3 rings (SSSR count). The van der Waals surface area contributed by atoms with Crippen LogP contribution in [0.15, 0.2) is 54.7 Å². The van der Waals surface area contributed by atoms with Crippen LogP contribution in [-0.4, -0.2) is 35.4 Å². The Labute approximate surface area is 162 Å². The van der Waals surface area contributed by atoms with Crippen LogP contribution in [0.1, 0.15) is 21.6 Å². The molecule has 0 spiro atoms. The van der Waals surface area contributed by atoms with Crippen LogP contribution < -0.4 is 10.1 Å². The molecule has 1 N–H and O–H groups in total. The van der Waals surface area contributed by atoms with Gasteiger partial charge in [-0.1, -0.05) is 24.3 Å². The van der Waals surface area contributed by atoms with E-state index in [2.05, 4.69) is 10.4 Å². The van der Waals surface area contributed by atoms with Crippen LogP contribution in [0.25, 0.3) is 5.69 Å². The first-order valence-corrected chi connectivity index (χ1v) is 8.71. The Hall–Kier alpha value is -3.61. The third-order valence-corrected chi connectivity index (χ3v) is 4.23. The largest absolute Gasteiger partial charge is 0.480 e. The number of hydrogen-bond donors (Lipinski definition) is 1. The van der Waals surface area contributed by atoms with E-state index in [1.54, 1.807) is 6.20 Å². The Balaban J connectivity index is 1.73. The van der Waals surface area contributed by atoms with Gasteiger partial charge in [-0.25, -0.2) is 9.48 Å². The molecule has 1 heterocycles. The van der Waals surface area contributed by atoms with Crippen molar-refractivity contribution >= 4 is 17.6 Å². The minimum absolute atomic E-state index is 0.00494. The van der Waals surface area contributed by atoms with Crippen molar-refractivity contribution in [2.75, 3.05) is 19.0 Å². The molecule has 28 heavy (non-hydrogen) atoms. The fraction of sp³-hybridized carbons (Fsp3) is 0.190. The molecule has 0 atom stereocenters. The molecule has 144 valence electrons. The van der Waals surface area contributed by atoms with Gasteiger partial charge in [0.2, 0.25) is 5.69 Å². The van der Waals surface area contributed by atoms with Gasteiger partial charge < -0.3 is 14.8 Å². The molecule has 7 heteroatoms. The van der Waals surface area contributed by atoms with Gasteiger partial charge in [-0.2, -0.15) is 5.10 Å². The first kappa shape index (κ1) is 19.2. The summed E-state index contributed by atoms with van der Waals surface area (Å²) in [5.41, 5.74) is 3.67. The molecule has 0 aliphatic rings. The summed E-state index contributed by atoms with van der Waals surface area (Å²) in [6, 6.07) is 14.9. The van der Waals surface area contributed by atoms with Gasteiger partial charge in [0.15, 0.2) is 12.4 Å². The highest BCUT2D eigenvalue weighted by Gasteiger charge is 2.20. The lowest BCUT2D eigenvalue weighted by Gasteiger charge is -2.08. The van der Waals surface area contributed by atoms with Crippen molar-refractivity contribution in [2.45, 2.75) is 13.8 Å². The lowest BCUT2D eigenvalue weighted by molar-refractivity contribution is -0.118. The minimum atomic E-state index is -0.640. The number of aromatic nitrogens is 2. The lowest BCUT2D eigenvalue weighted by atomic mass is 10.1. The van der Waals surface area contributed by atoms with E-state index in [9.17, 15) is 9.59 Å². The van der Waals surface area contributed by atoms with Crippen LogP contribution in [-0.2, 0) is 9.53 Å². The summed E-state index contributed by atoms with van der Waals surface area (Å²) in [5, 5.41) is 6.99. The second kappa shape index (κ2) is 8.39. The third kappa shape index (κ3) is 4.37. The Morgan fingerprint density at radius 1 is 1.07 bits per heavy atom. The number of amides is 1. The maximum atomic E-state index is 12.2. The number of carbonyl (C=O) groups is 2. The maximum absolute atomic E-state index is 12.2. The number of benzene rings is 2. The second-order valence-electron chi connectivity index (χ2n) is 6.25. The molecule has 0 radical (unpaired) electrons. The monoisotopic (exact) mass is 379 g/mol. The predicted molar refractivity (Wildman–Crippen MR) is 105 cm³/mol. The molecule has 0 aliphatic heterocycles. The first-order chi connectivity index (χ1) is 13.5. The summed E-state index contributed by atoms with van der Waals surface area (Å²) in [6.07, 6.45) is 1.55. The molecule has 3 aromatic rings. The summed E-state index contributed by atoms with van der Waals surface area (Å²) in [5.74, 6) is -0.809. The Morgan fingerprint density at radius 3 is 2.50 bits per heavy atom. The van der Waals surface area contributed by atoms with Crippen LogP contribution in [0.5, 0.6) is 5.75 Å². The van der Waals surface area contributed by atoms with Crippen molar-refractivity contribution in [3.8, 4) is 11.4 Å². The van der Waals surface area contributed by atoms with E-state index in [0.717, 1.165) is 16.8 Å². The SMILES string of the molecule is COC(=O)c1nn(-c2ccccc2)cc1OCC(=O)Nc1ccc(C)c(C)c1. The normalized spacial score (nSPS) is 10.4. The fourth-order valence-electron chi connectivity index (χ4n) is 2.57. The van der Waals surface area contributed by atoms with Gasteiger partial charge in [0.25, 0.3) is 5.91 Å². The van der Waals surface area contributed by atoms with Crippen LogP contribution in [0.3, 0.4) is 0 Å². The zero-order chi connectivity index (χ0) is 20.1. The number of para-hydroxylation sites is 1. The highest BCUT2D eigenvalue weighted by Crippen LogP contribution is 2.21. The van der Waals surface area contributed by atoms with Crippen LogP contribution in [0.4, 0.5) is 5.69 Å². The van der Waals surface area contributed by atoms with Crippen molar-refractivity contribution in [2.24, 2.45) is 0 Å².